The Hall–Kier alpha value is -1.82. The summed E-state index contributed by atoms with van der Waals surface area (Å²) >= 11 is 17.8. The number of nitro groups is 1. The summed E-state index contributed by atoms with van der Waals surface area (Å²) in [4.78, 5) is 22.2. The van der Waals surface area contributed by atoms with Gasteiger partial charge in [0.1, 0.15) is 0 Å². The lowest BCUT2D eigenvalue weighted by Gasteiger charge is -2.10. The summed E-state index contributed by atoms with van der Waals surface area (Å²) in [6.45, 7) is 0. The van der Waals surface area contributed by atoms with E-state index in [0.717, 1.165) is 6.07 Å². The summed E-state index contributed by atoms with van der Waals surface area (Å²) in [7, 11) is 0. The van der Waals surface area contributed by atoms with Gasteiger partial charge in [-0.1, -0.05) is 40.9 Å². The van der Waals surface area contributed by atoms with Crippen LogP contribution in [-0.4, -0.2) is 10.8 Å². The smallest absolute Gasteiger partial charge is 0.270 e. The number of anilines is 1. The molecule has 2 rings (SSSR count). The fourth-order valence-electron chi connectivity index (χ4n) is 1.60. The molecule has 0 bridgehead atoms. The Morgan fingerprint density at radius 3 is 2.19 bits per heavy atom. The van der Waals surface area contributed by atoms with Crippen molar-refractivity contribution in [2.45, 2.75) is 0 Å². The van der Waals surface area contributed by atoms with Crippen molar-refractivity contribution in [3.8, 4) is 0 Å². The van der Waals surface area contributed by atoms with Crippen molar-refractivity contribution in [1.82, 2.24) is 0 Å². The van der Waals surface area contributed by atoms with E-state index in [1.807, 2.05) is 0 Å². The molecule has 1 amide bonds. The van der Waals surface area contributed by atoms with Crippen molar-refractivity contribution < 1.29 is 9.72 Å². The third-order valence-electron chi connectivity index (χ3n) is 2.61. The highest BCUT2D eigenvalue weighted by Gasteiger charge is 2.17. The minimum Gasteiger partial charge on any atom is -0.319 e. The van der Waals surface area contributed by atoms with Gasteiger partial charge in [-0.15, -0.1) is 0 Å². The van der Waals surface area contributed by atoms with E-state index in [2.05, 4.69) is 5.32 Å². The second-order valence-electron chi connectivity index (χ2n) is 3.97. The molecule has 2 aromatic carbocycles. The first-order valence-corrected chi connectivity index (χ1v) is 6.73. The molecule has 0 aromatic heterocycles. The van der Waals surface area contributed by atoms with E-state index in [0.29, 0.717) is 0 Å². The molecule has 0 spiro atoms. The van der Waals surface area contributed by atoms with E-state index in [1.54, 1.807) is 18.2 Å². The van der Waals surface area contributed by atoms with Gasteiger partial charge in [0.25, 0.3) is 11.6 Å². The lowest BCUT2D eigenvalue weighted by molar-refractivity contribution is -0.384. The Morgan fingerprint density at radius 2 is 1.67 bits per heavy atom. The van der Waals surface area contributed by atoms with E-state index in [9.17, 15) is 14.9 Å². The van der Waals surface area contributed by atoms with E-state index >= 15 is 0 Å². The number of nitro benzene ring substituents is 1. The SMILES string of the molecule is O=C(Nc1c(Cl)cccc1Cl)c1ccc([N+](=O)[O-])cc1Cl. The van der Waals surface area contributed by atoms with E-state index in [1.165, 1.54) is 12.1 Å². The zero-order valence-electron chi connectivity index (χ0n) is 10.3. The van der Waals surface area contributed by atoms with Gasteiger partial charge in [0.2, 0.25) is 0 Å². The molecule has 0 unspecified atom stereocenters. The lowest BCUT2D eigenvalue weighted by Crippen LogP contribution is -2.13. The molecule has 0 atom stereocenters. The number of halogens is 3. The van der Waals surface area contributed by atoms with Gasteiger partial charge in [0.15, 0.2) is 0 Å². The van der Waals surface area contributed by atoms with Gasteiger partial charge in [-0.25, -0.2) is 0 Å². The van der Waals surface area contributed by atoms with Gasteiger partial charge in [-0.05, 0) is 18.2 Å². The maximum absolute atomic E-state index is 12.1. The second-order valence-corrected chi connectivity index (χ2v) is 5.19. The molecule has 8 heteroatoms. The standard InChI is InChI=1S/C13H7Cl3N2O3/c14-9-2-1-3-10(15)12(9)17-13(19)8-5-4-7(18(20)21)6-11(8)16/h1-6H,(H,17,19). The number of carbonyl (C=O) groups excluding carboxylic acids is 1. The zero-order valence-corrected chi connectivity index (χ0v) is 12.5. The minimum atomic E-state index is -0.599. The number of non-ortho nitro benzene ring substituents is 1. The predicted molar refractivity (Wildman–Crippen MR) is 82.5 cm³/mol. The Kier molecular flexibility index (Phi) is 4.67. The number of benzene rings is 2. The van der Waals surface area contributed by atoms with Crippen molar-refractivity contribution >= 4 is 52.1 Å². The van der Waals surface area contributed by atoms with Gasteiger partial charge in [0.05, 0.1) is 31.2 Å². The first-order chi connectivity index (χ1) is 9.90. The molecule has 0 radical (unpaired) electrons. The first kappa shape index (κ1) is 15.6. The minimum absolute atomic E-state index is 0.0372. The number of nitrogens with zero attached hydrogens (tertiary/aromatic N) is 1. The van der Waals surface area contributed by atoms with Crippen LogP contribution in [0.25, 0.3) is 0 Å². The molecule has 5 nitrogen and oxygen atoms in total. The number of rotatable bonds is 3. The van der Waals surface area contributed by atoms with Crippen LogP contribution in [0, 0.1) is 10.1 Å². The van der Waals surface area contributed by atoms with Crippen LogP contribution in [0.5, 0.6) is 0 Å². The van der Waals surface area contributed by atoms with Crippen molar-refractivity contribution in [3.05, 3.63) is 67.1 Å². The topological polar surface area (TPSA) is 72.2 Å². The number of hydrogen-bond donors (Lipinski definition) is 1. The quantitative estimate of drug-likeness (QED) is 0.641. The van der Waals surface area contributed by atoms with Crippen LogP contribution in [0.4, 0.5) is 11.4 Å². The molecule has 0 aliphatic carbocycles. The molecular weight excluding hydrogens is 339 g/mol. The molecule has 0 heterocycles. The lowest BCUT2D eigenvalue weighted by atomic mass is 10.2. The molecule has 2 aromatic rings. The molecule has 21 heavy (non-hydrogen) atoms. The second kappa shape index (κ2) is 6.30. The van der Waals surface area contributed by atoms with E-state index in [-0.39, 0.29) is 32.0 Å². The molecule has 1 N–H and O–H groups in total. The van der Waals surface area contributed by atoms with Gasteiger partial charge < -0.3 is 5.32 Å². The maximum atomic E-state index is 12.1. The highest BCUT2D eigenvalue weighted by molar-refractivity contribution is 6.40. The molecule has 0 aliphatic heterocycles. The highest BCUT2D eigenvalue weighted by Crippen LogP contribution is 2.31. The van der Waals surface area contributed by atoms with Crippen LogP contribution >= 0.6 is 34.8 Å². The number of hydrogen-bond acceptors (Lipinski definition) is 3. The molecular formula is C13H7Cl3N2O3. The van der Waals surface area contributed by atoms with Gasteiger partial charge >= 0.3 is 0 Å². The Labute approximate surface area is 134 Å². The largest absolute Gasteiger partial charge is 0.319 e. The number of para-hydroxylation sites is 1. The van der Waals surface area contributed by atoms with Gasteiger partial charge in [-0.2, -0.15) is 0 Å². The Bertz CT molecular complexity index is 714. The summed E-state index contributed by atoms with van der Waals surface area (Å²) in [5.41, 5.74) is 0.130. The summed E-state index contributed by atoms with van der Waals surface area (Å²) in [6, 6.07) is 8.33. The predicted octanol–water partition coefficient (Wildman–Crippen LogP) is 4.81. The number of nitrogens with one attached hydrogen (secondary N) is 1. The monoisotopic (exact) mass is 344 g/mol. The molecule has 0 aliphatic rings. The van der Waals surface area contributed by atoms with Crippen molar-refractivity contribution in [3.63, 3.8) is 0 Å². The first-order valence-electron chi connectivity index (χ1n) is 5.59. The summed E-state index contributed by atoms with van der Waals surface area (Å²) in [6.07, 6.45) is 0. The molecule has 0 saturated heterocycles. The Balaban J connectivity index is 2.31. The van der Waals surface area contributed by atoms with Crippen LogP contribution in [-0.2, 0) is 0 Å². The van der Waals surface area contributed by atoms with E-state index < -0.39 is 10.8 Å². The van der Waals surface area contributed by atoms with Crippen LogP contribution in [0.3, 0.4) is 0 Å². The van der Waals surface area contributed by atoms with Crippen LogP contribution in [0.15, 0.2) is 36.4 Å². The summed E-state index contributed by atoms with van der Waals surface area (Å²) in [5.74, 6) is -0.565. The molecule has 108 valence electrons. The summed E-state index contributed by atoms with van der Waals surface area (Å²) < 4.78 is 0. The van der Waals surface area contributed by atoms with Gasteiger partial charge in [0, 0.05) is 12.1 Å². The van der Waals surface area contributed by atoms with Crippen LogP contribution < -0.4 is 5.32 Å². The van der Waals surface area contributed by atoms with Crippen molar-refractivity contribution in [2.24, 2.45) is 0 Å². The fourth-order valence-corrected chi connectivity index (χ4v) is 2.35. The number of carbonyl (C=O) groups is 1. The van der Waals surface area contributed by atoms with Crippen molar-refractivity contribution in [1.29, 1.82) is 0 Å². The molecule has 0 saturated carbocycles. The zero-order chi connectivity index (χ0) is 15.6. The normalized spacial score (nSPS) is 10.2. The third-order valence-corrected chi connectivity index (χ3v) is 3.55. The molecule has 0 fully saturated rings. The van der Waals surface area contributed by atoms with Crippen molar-refractivity contribution in [2.75, 3.05) is 5.32 Å². The maximum Gasteiger partial charge on any atom is 0.270 e. The van der Waals surface area contributed by atoms with Crippen LogP contribution in [0.2, 0.25) is 15.1 Å². The third kappa shape index (κ3) is 3.44. The highest BCUT2D eigenvalue weighted by atomic mass is 35.5. The average Bonchev–Trinajstić information content (AvgIpc) is 2.42. The van der Waals surface area contributed by atoms with E-state index in [4.69, 9.17) is 34.8 Å². The summed E-state index contributed by atoms with van der Waals surface area (Å²) in [5, 5.41) is 13.7. The number of amides is 1. The van der Waals surface area contributed by atoms with Gasteiger partial charge in [-0.3, -0.25) is 14.9 Å². The van der Waals surface area contributed by atoms with Crippen LogP contribution in [0.1, 0.15) is 10.4 Å². The average molecular weight is 346 g/mol. The Morgan fingerprint density at radius 1 is 1.05 bits per heavy atom. The fraction of sp³-hybridized carbons (Fsp3) is 0.